The van der Waals surface area contributed by atoms with E-state index in [2.05, 4.69) is 34.2 Å². The molecule has 1 fully saturated rings. The lowest BCUT2D eigenvalue weighted by Crippen LogP contribution is -2.23. The number of nitrogens with zero attached hydrogens (tertiary/aromatic N) is 3. The van der Waals surface area contributed by atoms with E-state index >= 15 is 0 Å². The Morgan fingerprint density at radius 3 is 3.06 bits per heavy atom. The molecule has 0 radical (unpaired) electrons. The molecule has 1 atom stereocenters. The Morgan fingerprint density at radius 1 is 1.39 bits per heavy atom. The standard InChI is InChI=1S/C13H24N4O/c1-3-5-12-15-13(16-18-12)14-9-11-6-8-17(10-11)7-4-2/h11H,3-10H2,1-2H3,(H,14,16)/t11-/m0/s1. The molecule has 0 aliphatic carbocycles. The molecule has 0 bridgehead atoms. The Bertz CT molecular complexity index is 353. The minimum absolute atomic E-state index is 0.646. The summed E-state index contributed by atoms with van der Waals surface area (Å²) in [5.74, 6) is 2.09. The highest BCUT2D eigenvalue weighted by Crippen LogP contribution is 2.16. The largest absolute Gasteiger partial charge is 0.351 e. The molecule has 1 aromatic heterocycles. The lowest BCUT2D eigenvalue weighted by molar-refractivity contribution is 0.327. The minimum atomic E-state index is 0.646. The van der Waals surface area contributed by atoms with Crippen LogP contribution in [0.15, 0.2) is 4.52 Å². The number of aryl methyl sites for hydroxylation is 1. The van der Waals surface area contributed by atoms with E-state index in [-0.39, 0.29) is 0 Å². The van der Waals surface area contributed by atoms with E-state index in [0.717, 1.165) is 25.3 Å². The van der Waals surface area contributed by atoms with E-state index in [9.17, 15) is 0 Å². The van der Waals surface area contributed by atoms with Gasteiger partial charge in [-0.1, -0.05) is 13.8 Å². The van der Waals surface area contributed by atoms with Gasteiger partial charge in [-0.05, 0) is 43.4 Å². The third-order valence-corrected chi connectivity index (χ3v) is 3.39. The van der Waals surface area contributed by atoms with Crippen LogP contribution in [-0.4, -0.2) is 41.2 Å². The maximum atomic E-state index is 5.15. The first-order valence-electron chi connectivity index (χ1n) is 7.10. The highest BCUT2D eigenvalue weighted by atomic mass is 16.5. The summed E-state index contributed by atoms with van der Waals surface area (Å²) in [5, 5.41) is 7.23. The van der Waals surface area contributed by atoms with Crippen molar-refractivity contribution in [2.45, 2.75) is 39.5 Å². The third-order valence-electron chi connectivity index (χ3n) is 3.39. The van der Waals surface area contributed by atoms with E-state index < -0.39 is 0 Å². The second-order valence-electron chi connectivity index (χ2n) is 5.10. The molecule has 0 saturated carbocycles. The van der Waals surface area contributed by atoms with Gasteiger partial charge in [-0.25, -0.2) is 0 Å². The molecule has 0 amide bonds. The predicted octanol–water partition coefficient (Wildman–Crippen LogP) is 2.17. The fraction of sp³-hybridized carbons (Fsp3) is 0.846. The number of anilines is 1. The second-order valence-corrected chi connectivity index (χ2v) is 5.10. The monoisotopic (exact) mass is 252 g/mol. The van der Waals surface area contributed by atoms with Crippen LogP contribution in [0.4, 0.5) is 5.95 Å². The molecule has 1 aliphatic rings. The highest BCUT2D eigenvalue weighted by molar-refractivity contribution is 5.21. The molecule has 0 unspecified atom stereocenters. The van der Waals surface area contributed by atoms with Crippen LogP contribution in [-0.2, 0) is 6.42 Å². The van der Waals surface area contributed by atoms with Crippen molar-refractivity contribution in [3.63, 3.8) is 0 Å². The van der Waals surface area contributed by atoms with Crippen LogP contribution >= 0.6 is 0 Å². The van der Waals surface area contributed by atoms with Crippen molar-refractivity contribution in [3.05, 3.63) is 5.89 Å². The van der Waals surface area contributed by atoms with Gasteiger partial charge >= 0.3 is 0 Å². The van der Waals surface area contributed by atoms with Crippen molar-refractivity contribution >= 4 is 5.95 Å². The topological polar surface area (TPSA) is 54.2 Å². The molecule has 5 heteroatoms. The van der Waals surface area contributed by atoms with Crippen LogP contribution in [0.25, 0.3) is 0 Å². The Morgan fingerprint density at radius 2 is 2.28 bits per heavy atom. The number of rotatable bonds is 7. The third kappa shape index (κ3) is 3.70. The Balaban J connectivity index is 1.71. The van der Waals surface area contributed by atoms with E-state index in [1.807, 2.05) is 0 Å². The Kier molecular flexibility index (Phi) is 4.99. The van der Waals surface area contributed by atoms with Crippen molar-refractivity contribution in [3.8, 4) is 0 Å². The van der Waals surface area contributed by atoms with Crippen LogP contribution in [0, 0.1) is 5.92 Å². The van der Waals surface area contributed by atoms with E-state index in [4.69, 9.17) is 4.52 Å². The van der Waals surface area contributed by atoms with Crippen molar-refractivity contribution in [1.82, 2.24) is 15.0 Å². The van der Waals surface area contributed by atoms with Crippen LogP contribution < -0.4 is 5.32 Å². The summed E-state index contributed by atoms with van der Waals surface area (Å²) in [6, 6.07) is 0. The maximum absolute atomic E-state index is 5.15. The average molecular weight is 252 g/mol. The van der Waals surface area contributed by atoms with Gasteiger partial charge in [0.25, 0.3) is 5.95 Å². The zero-order valence-corrected chi connectivity index (χ0v) is 11.5. The van der Waals surface area contributed by atoms with Gasteiger partial charge < -0.3 is 14.7 Å². The van der Waals surface area contributed by atoms with E-state index in [1.54, 1.807) is 0 Å². The van der Waals surface area contributed by atoms with Crippen LogP contribution in [0.2, 0.25) is 0 Å². The van der Waals surface area contributed by atoms with Gasteiger partial charge in [0.05, 0.1) is 0 Å². The Hall–Kier alpha value is -1.10. The van der Waals surface area contributed by atoms with Gasteiger partial charge in [-0.3, -0.25) is 0 Å². The average Bonchev–Trinajstić information content (AvgIpc) is 2.97. The molecule has 1 aliphatic heterocycles. The number of likely N-dealkylation sites (tertiary alicyclic amines) is 1. The van der Waals surface area contributed by atoms with Gasteiger partial charge in [-0.2, -0.15) is 4.98 Å². The number of hydrogen-bond donors (Lipinski definition) is 1. The van der Waals surface area contributed by atoms with Crippen molar-refractivity contribution < 1.29 is 4.52 Å². The van der Waals surface area contributed by atoms with Crippen molar-refractivity contribution in [2.24, 2.45) is 5.92 Å². The summed E-state index contributed by atoms with van der Waals surface area (Å²) in [4.78, 5) is 6.85. The summed E-state index contributed by atoms with van der Waals surface area (Å²) in [6.07, 6.45) is 4.41. The molecular weight excluding hydrogens is 228 g/mol. The molecule has 0 spiro atoms. The molecule has 0 aromatic carbocycles. The normalized spacial score (nSPS) is 20.4. The molecule has 2 heterocycles. The van der Waals surface area contributed by atoms with Gasteiger partial charge in [0.1, 0.15) is 0 Å². The quantitative estimate of drug-likeness (QED) is 0.806. The first-order valence-corrected chi connectivity index (χ1v) is 7.10. The van der Waals surface area contributed by atoms with Gasteiger partial charge in [0, 0.05) is 19.5 Å². The molecule has 1 aromatic rings. The van der Waals surface area contributed by atoms with Crippen molar-refractivity contribution in [1.29, 1.82) is 0 Å². The first kappa shape index (κ1) is 13.3. The highest BCUT2D eigenvalue weighted by Gasteiger charge is 2.21. The molecule has 1 N–H and O–H groups in total. The lowest BCUT2D eigenvalue weighted by Gasteiger charge is -2.14. The van der Waals surface area contributed by atoms with Crippen LogP contribution in [0.5, 0.6) is 0 Å². The fourth-order valence-corrected chi connectivity index (χ4v) is 2.48. The second kappa shape index (κ2) is 6.73. The summed E-state index contributed by atoms with van der Waals surface area (Å²) >= 11 is 0. The van der Waals surface area contributed by atoms with Gasteiger partial charge in [0.15, 0.2) is 0 Å². The summed E-state index contributed by atoms with van der Waals surface area (Å²) in [7, 11) is 0. The molecular formula is C13H24N4O. The first-order chi connectivity index (χ1) is 8.81. The molecule has 2 rings (SSSR count). The van der Waals surface area contributed by atoms with E-state index in [0.29, 0.717) is 11.9 Å². The van der Waals surface area contributed by atoms with Crippen LogP contribution in [0.1, 0.15) is 39.0 Å². The molecule has 18 heavy (non-hydrogen) atoms. The molecule has 102 valence electrons. The fourth-order valence-electron chi connectivity index (χ4n) is 2.48. The summed E-state index contributed by atoms with van der Waals surface area (Å²) < 4.78 is 5.15. The Labute approximate surface area is 109 Å². The summed E-state index contributed by atoms with van der Waals surface area (Å²) in [6.45, 7) is 8.94. The smallest absolute Gasteiger partial charge is 0.263 e. The predicted molar refractivity (Wildman–Crippen MR) is 71.6 cm³/mol. The SMILES string of the molecule is CCCc1nc(NC[C@@H]2CCN(CCC)C2)no1. The van der Waals surface area contributed by atoms with Gasteiger partial charge in [0.2, 0.25) is 5.89 Å². The number of aromatic nitrogens is 2. The van der Waals surface area contributed by atoms with Gasteiger partial charge in [-0.15, -0.1) is 0 Å². The molecule has 1 saturated heterocycles. The summed E-state index contributed by atoms with van der Waals surface area (Å²) in [5.41, 5.74) is 0. The zero-order chi connectivity index (χ0) is 12.8. The van der Waals surface area contributed by atoms with E-state index in [1.165, 1.54) is 32.5 Å². The van der Waals surface area contributed by atoms with Crippen molar-refractivity contribution in [2.75, 3.05) is 31.5 Å². The lowest BCUT2D eigenvalue weighted by atomic mass is 10.1. The zero-order valence-electron chi connectivity index (χ0n) is 11.5. The molecule has 5 nitrogen and oxygen atoms in total. The number of nitrogens with one attached hydrogen (secondary N) is 1. The number of hydrogen-bond acceptors (Lipinski definition) is 5. The maximum Gasteiger partial charge on any atom is 0.263 e. The van der Waals surface area contributed by atoms with Crippen LogP contribution in [0.3, 0.4) is 0 Å². The minimum Gasteiger partial charge on any atom is -0.351 e.